The second-order valence-electron chi connectivity index (χ2n) is 10.7. The standard InChI is InChI=1S/C28H32N6O3S/c1-16-6-8-20(24(35)31-27-33-32-26(38-27)28(2,3)4)23(29-16)17-10-12-34(13-11-17)25(36)22-15-18-14-19(37-5)7-9-21(18)30-22/h6-9,14-15,17,30H,10-13H2,1-5H3,(H,31,33,35). The van der Waals surface area contributed by atoms with Crippen molar-refractivity contribution in [3.8, 4) is 5.75 Å². The summed E-state index contributed by atoms with van der Waals surface area (Å²) in [5.41, 5.74) is 3.49. The number of likely N-dealkylation sites (tertiary alicyclic amines) is 1. The molecule has 9 nitrogen and oxygen atoms in total. The zero-order chi connectivity index (χ0) is 27.0. The van der Waals surface area contributed by atoms with Crippen molar-refractivity contribution in [3.05, 3.63) is 64.1 Å². The van der Waals surface area contributed by atoms with Gasteiger partial charge in [0.2, 0.25) is 5.13 Å². The van der Waals surface area contributed by atoms with Crippen LogP contribution in [-0.2, 0) is 5.41 Å². The number of piperidine rings is 1. The number of anilines is 1. The second-order valence-corrected chi connectivity index (χ2v) is 11.7. The fourth-order valence-electron chi connectivity index (χ4n) is 4.70. The van der Waals surface area contributed by atoms with Gasteiger partial charge in [-0.05, 0) is 56.2 Å². The van der Waals surface area contributed by atoms with E-state index < -0.39 is 0 Å². The third-order valence-corrected chi connectivity index (χ3v) is 8.09. The molecule has 1 aliphatic heterocycles. The second kappa shape index (κ2) is 10.2. The summed E-state index contributed by atoms with van der Waals surface area (Å²) >= 11 is 1.38. The lowest BCUT2D eigenvalue weighted by molar-refractivity contribution is 0.0706. The number of benzene rings is 1. The highest BCUT2D eigenvalue weighted by atomic mass is 32.1. The number of nitrogens with one attached hydrogen (secondary N) is 2. The van der Waals surface area contributed by atoms with E-state index in [2.05, 4.69) is 41.3 Å². The van der Waals surface area contributed by atoms with Gasteiger partial charge in [-0.25, -0.2) is 0 Å². The quantitative estimate of drug-likeness (QED) is 0.361. The fourth-order valence-corrected chi connectivity index (χ4v) is 5.50. The number of rotatable bonds is 5. The highest BCUT2D eigenvalue weighted by molar-refractivity contribution is 7.15. The van der Waals surface area contributed by atoms with Gasteiger partial charge in [0.05, 0.1) is 18.4 Å². The Hall–Kier alpha value is -3.79. The van der Waals surface area contributed by atoms with Crippen LogP contribution in [0.3, 0.4) is 0 Å². The largest absolute Gasteiger partial charge is 0.497 e. The van der Waals surface area contributed by atoms with Crippen molar-refractivity contribution < 1.29 is 14.3 Å². The van der Waals surface area contributed by atoms with Crippen LogP contribution in [-0.4, -0.2) is 57.1 Å². The Labute approximate surface area is 225 Å². The topological polar surface area (TPSA) is 113 Å². The van der Waals surface area contributed by atoms with Crippen LogP contribution < -0.4 is 10.1 Å². The number of fused-ring (bicyclic) bond motifs is 1. The summed E-state index contributed by atoms with van der Waals surface area (Å²) < 4.78 is 5.29. The van der Waals surface area contributed by atoms with Crippen molar-refractivity contribution in [2.24, 2.45) is 0 Å². The lowest BCUT2D eigenvalue weighted by Crippen LogP contribution is -2.38. The minimum absolute atomic E-state index is 0.0280. The average Bonchev–Trinajstić information content (AvgIpc) is 3.55. The molecule has 2 amide bonds. The van der Waals surface area contributed by atoms with E-state index in [1.54, 1.807) is 7.11 Å². The minimum Gasteiger partial charge on any atom is -0.497 e. The first-order valence-corrected chi connectivity index (χ1v) is 13.5. The molecule has 3 aromatic heterocycles. The highest BCUT2D eigenvalue weighted by Crippen LogP contribution is 2.32. The van der Waals surface area contributed by atoms with E-state index in [4.69, 9.17) is 9.72 Å². The van der Waals surface area contributed by atoms with Crippen molar-refractivity contribution in [3.63, 3.8) is 0 Å². The Kier molecular flexibility index (Phi) is 6.92. The molecule has 0 unspecified atom stereocenters. The van der Waals surface area contributed by atoms with E-state index >= 15 is 0 Å². The highest BCUT2D eigenvalue weighted by Gasteiger charge is 2.29. The van der Waals surface area contributed by atoms with Gasteiger partial charge in [0, 0.05) is 41.0 Å². The van der Waals surface area contributed by atoms with Crippen LogP contribution in [0.2, 0.25) is 0 Å². The third-order valence-electron chi connectivity index (χ3n) is 6.82. The van der Waals surface area contributed by atoms with E-state index in [9.17, 15) is 9.59 Å². The lowest BCUT2D eigenvalue weighted by atomic mass is 9.89. The first-order valence-electron chi connectivity index (χ1n) is 12.7. The van der Waals surface area contributed by atoms with Crippen LogP contribution in [0.25, 0.3) is 10.9 Å². The molecule has 0 aliphatic carbocycles. The third kappa shape index (κ3) is 5.26. The monoisotopic (exact) mass is 532 g/mol. The maximum atomic E-state index is 13.2. The van der Waals surface area contributed by atoms with Gasteiger partial charge in [-0.15, -0.1) is 10.2 Å². The molecule has 38 heavy (non-hydrogen) atoms. The number of ether oxygens (including phenoxy) is 1. The van der Waals surface area contributed by atoms with Crippen LogP contribution >= 0.6 is 11.3 Å². The van der Waals surface area contributed by atoms with E-state index in [0.717, 1.165) is 45.9 Å². The summed E-state index contributed by atoms with van der Waals surface area (Å²) in [6.07, 6.45) is 1.45. The summed E-state index contributed by atoms with van der Waals surface area (Å²) in [7, 11) is 1.63. The molecule has 1 aromatic carbocycles. The van der Waals surface area contributed by atoms with Crippen LogP contribution in [0, 0.1) is 6.92 Å². The zero-order valence-corrected chi connectivity index (χ0v) is 23.1. The lowest BCUT2D eigenvalue weighted by Gasteiger charge is -2.32. The van der Waals surface area contributed by atoms with Crippen LogP contribution in [0.15, 0.2) is 36.4 Å². The van der Waals surface area contributed by atoms with Crippen molar-refractivity contribution in [1.29, 1.82) is 0 Å². The summed E-state index contributed by atoms with van der Waals surface area (Å²) in [5, 5.41) is 13.6. The van der Waals surface area contributed by atoms with Crippen molar-refractivity contribution >= 4 is 39.2 Å². The number of hydrogen-bond acceptors (Lipinski definition) is 7. The Morgan fingerprint density at radius 2 is 1.87 bits per heavy atom. The molecule has 4 aromatic rings. The number of H-pyrrole nitrogens is 1. The van der Waals surface area contributed by atoms with Gasteiger partial charge in [-0.2, -0.15) is 0 Å². The number of pyridine rings is 1. The van der Waals surface area contributed by atoms with Crippen LogP contribution in [0.4, 0.5) is 5.13 Å². The number of aromatic amines is 1. The van der Waals surface area contributed by atoms with Gasteiger partial charge < -0.3 is 14.6 Å². The Morgan fingerprint density at radius 1 is 1.11 bits per heavy atom. The summed E-state index contributed by atoms with van der Waals surface area (Å²) in [6, 6.07) is 11.2. The van der Waals surface area contributed by atoms with Crippen molar-refractivity contribution in [2.45, 2.75) is 51.9 Å². The first kappa shape index (κ1) is 25.8. The van der Waals surface area contributed by atoms with Crippen molar-refractivity contribution in [1.82, 2.24) is 25.1 Å². The van der Waals surface area contributed by atoms with E-state index in [1.807, 2.05) is 48.2 Å². The number of aryl methyl sites for hydroxylation is 1. The summed E-state index contributed by atoms with van der Waals surface area (Å²) in [4.78, 5) is 36.3. The van der Waals surface area contributed by atoms with E-state index in [-0.39, 0.29) is 23.1 Å². The molecular weight excluding hydrogens is 500 g/mol. The number of amides is 2. The molecule has 0 spiro atoms. The van der Waals surface area contributed by atoms with Gasteiger partial charge in [0.15, 0.2) is 0 Å². The van der Waals surface area contributed by atoms with Gasteiger partial charge >= 0.3 is 0 Å². The van der Waals surface area contributed by atoms with Gasteiger partial charge in [-0.3, -0.25) is 19.9 Å². The molecule has 0 atom stereocenters. The molecule has 1 fully saturated rings. The first-order chi connectivity index (χ1) is 18.1. The Morgan fingerprint density at radius 3 is 2.55 bits per heavy atom. The van der Waals surface area contributed by atoms with E-state index in [0.29, 0.717) is 29.5 Å². The average molecular weight is 533 g/mol. The SMILES string of the molecule is COc1ccc2[nH]c(C(=O)N3CCC(c4nc(C)ccc4C(=O)Nc4nnc(C(C)(C)C)s4)CC3)cc2c1. The Balaban J connectivity index is 1.29. The normalized spacial score (nSPS) is 14.6. The summed E-state index contributed by atoms with van der Waals surface area (Å²) in [5.74, 6) is 0.560. The maximum absolute atomic E-state index is 13.2. The molecule has 0 bridgehead atoms. The van der Waals surface area contributed by atoms with Crippen molar-refractivity contribution in [2.75, 3.05) is 25.5 Å². The molecule has 1 saturated heterocycles. The minimum atomic E-state index is -0.240. The number of aromatic nitrogens is 4. The molecule has 2 N–H and O–H groups in total. The van der Waals surface area contributed by atoms with E-state index in [1.165, 1.54) is 11.3 Å². The molecule has 0 saturated carbocycles. The molecule has 1 aliphatic rings. The molecule has 5 rings (SSSR count). The maximum Gasteiger partial charge on any atom is 0.270 e. The molecule has 10 heteroatoms. The number of carbonyl (C=O) groups excluding carboxylic acids is 2. The number of carbonyl (C=O) groups is 2. The van der Waals surface area contributed by atoms with Crippen LogP contribution in [0.1, 0.15) is 76.8 Å². The molecular formula is C28H32N6O3S. The Bertz CT molecular complexity index is 1490. The number of hydrogen-bond donors (Lipinski definition) is 2. The molecule has 0 radical (unpaired) electrons. The predicted molar refractivity (Wildman–Crippen MR) is 148 cm³/mol. The van der Waals surface area contributed by atoms with Crippen LogP contribution in [0.5, 0.6) is 5.75 Å². The fraction of sp³-hybridized carbons (Fsp3) is 0.393. The summed E-state index contributed by atoms with van der Waals surface area (Å²) in [6.45, 7) is 9.29. The molecule has 4 heterocycles. The zero-order valence-electron chi connectivity index (χ0n) is 22.3. The predicted octanol–water partition coefficient (Wildman–Crippen LogP) is 5.30. The van der Waals surface area contributed by atoms with Gasteiger partial charge in [-0.1, -0.05) is 32.1 Å². The van der Waals surface area contributed by atoms with Gasteiger partial charge in [0.25, 0.3) is 11.8 Å². The number of methoxy groups -OCH3 is 1. The molecule has 198 valence electrons. The smallest absolute Gasteiger partial charge is 0.270 e. The number of nitrogens with zero attached hydrogens (tertiary/aromatic N) is 4. The van der Waals surface area contributed by atoms with Gasteiger partial charge in [0.1, 0.15) is 16.5 Å².